The van der Waals surface area contributed by atoms with Gasteiger partial charge in [0.15, 0.2) is 5.94 Å². The highest BCUT2D eigenvalue weighted by atomic mass is 32.2. The Morgan fingerprint density at radius 3 is 2.29 bits per heavy atom. The number of hydrogen-bond acceptors (Lipinski definition) is 6. The highest BCUT2D eigenvalue weighted by molar-refractivity contribution is 7.91. The maximum atomic E-state index is 13.6. The van der Waals surface area contributed by atoms with Crippen molar-refractivity contribution in [3.8, 4) is 22.3 Å². The van der Waals surface area contributed by atoms with Crippen LogP contribution in [0.2, 0.25) is 0 Å². The summed E-state index contributed by atoms with van der Waals surface area (Å²) in [5.74, 6) is -2.05. The molecule has 178 valence electrons. The van der Waals surface area contributed by atoms with Crippen molar-refractivity contribution in [2.75, 3.05) is 5.94 Å². The number of sulfone groups is 1. The minimum atomic E-state index is -4.05. The average Bonchev–Trinajstić information content (AvgIpc) is 2.85. The lowest BCUT2D eigenvalue weighted by molar-refractivity contribution is -0.138. The van der Waals surface area contributed by atoms with E-state index in [0.29, 0.717) is 5.56 Å². The van der Waals surface area contributed by atoms with E-state index in [1.54, 1.807) is 12.1 Å². The Labute approximate surface area is 201 Å². The van der Waals surface area contributed by atoms with Crippen molar-refractivity contribution >= 4 is 15.8 Å². The van der Waals surface area contributed by atoms with Gasteiger partial charge in [-0.3, -0.25) is 9.59 Å². The molecule has 0 spiro atoms. The van der Waals surface area contributed by atoms with Gasteiger partial charge in [-0.25, -0.2) is 17.5 Å². The number of nitrogens with zero attached hydrogens (tertiary/aromatic N) is 2. The number of rotatable bonds is 7. The van der Waals surface area contributed by atoms with Crippen LogP contribution in [0.5, 0.6) is 0 Å². The van der Waals surface area contributed by atoms with Crippen LogP contribution in [-0.4, -0.2) is 30.1 Å². The number of aromatic nitrogens is 2. The average molecular weight is 493 g/mol. The molecule has 4 aromatic rings. The van der Waals surface area contributed by atoms with E-state index in [0.717, 1.165) is 12.5 Å². The van der Waals surface area contributed by atoms with Crippen LogP contribution in [0.3, 0.4) is 0 Å². The number of benzene rings is 3. The van der Waals surface area contributed by atoms with Gasteiger partial charge in [-0.1, -0.05) is 60.7 Å². The van der Waals surface area contributed by atoms with Gasteiger partial charge >= 0.3 is 5.97 Å². The summed E-state index contributed by atoms with van der Waals surface area (Å²) in [5, 5.41) is 4.30. The van der Waals surface area contributed by atoms with Gasteiger partial charge in [0.05, 0.1) is 23.2 Å². The second-order valence-electron chi connectivity index (χ2n) is 7.75. The van der Waals surface area contributed by atoms with Crippen LogP contribution in [0.15, 0.2) is 94.7 Å². The molecular weight excluding hydrogens is 471 g/mol. The Morgan fingerprint density at radius 2 is 1.60 bits per heavy atom. The van der Waals surface area contributed by atoms with Crippen molar-refractivity contribution in [3.05, 3.63) is 107 Å². The Hall–Kier alpha value is -4.11. The summed E-state index contributed by atoms with van der Waals surface area (Å²) < 4.78 is 45.6. The number of carbonyl (C=O) groups is 1. The molecule has 0 N–H and O–H groups in total. The Morgan fingerprint density at radius 1 is 0.943 bits per heavy atom. The Kier molecular flexibility index (Phi) is 6.88. The van der Waals surface area contributed by atoms with Gasteiger partial charge in [0.25, 0.3) is 5.56 Å². The molecule has 0 fully saturated rings. The molecule has 35 heavy (non-hydrogen) atoms. The maximum Gasteiger partial charge on any atom is 0.303 e. The molecule has 0 aliphatic carbocycles. The second-order valence-corrected chi connectivity index (χ2v) is 9.66. The summed E-state index contributed by atoms with van der Waals surface area (Å²) in [4.78, 5) is 24.7. The van der Waals surface area contributed by atoms with E-state index in [4.69, 9.17) is 4.74 Å². The second kappa shape index (κ2) is 10.0. The zero-order chi connectivity index (χ0) is 25.0. The predicted octanol–water partition coefficient (Wildman–Crippen LogP) is 4.06. The van der Waals surface area contributed by atoms with Crippen LogP contribution < -0.4 is 5.56 Å². The molecule has 0 aliphatic rings. The molecular formula is C26H21FN2O5S. The van der Waals surface area contributed by atoms with Gasteiger partial charge in [0.1, 0.15) is 5.82 Å². The number of esters is 1. The van der Waals surface area contributed by atoms with E-state index in [9.17, 15) is 22.4 Å². The Bertz CT molecular complexity index is 1530. The van der Waals surface area contributed by atoms with Crippen LogP contribution in [-0.2, 0) is 25.9 Å². The van der Waals surface area contributed by atoms with E-state index >= 15 is 0 Å². The highest BCUT2D eigenvalue weighted by Crippen LogP contribution is 2.34. The van der Waals surface area contributed by atoms with Gasteiger partial charge < -0.3 is 4.74 Å². The van der Waals surface area contributed by atoms with Crippen molar-refractivity contribution in [2.45, 2.75) is 18.4 Å². The van der Waals surface area contributed by atoms with Crippen LogP contribution in [0.1, 0.15) is 12.5 Å². The van der Waals surface area contributed by atoms with Gasteiger partial charge in [-0.15, -0.1) is 0 Å². The first kappa shape index (κ1) is 24.0. The molecule has 0 radical (unpaired) electrons. The third-order valence-electron chi connectivity index (χ3n) is 5.28. The summed E-state index contributed by atoms with van der Waals surface area (Å²) in [5.41, 5.74) is 1.44. The van der Waals surface area contributed by atoms with E-state index < -0.39 is 33.1 Å². The molecule has 3 aromatic carbocycles. The minimum Gasteiger partial charge on any atom is -0.449 e. The van der Waals surface area contributed by atoms with Crippen molar-refractivity contribution in [1.82, 2.24) is 9.78 Å². The molecule has 0 bridgehead atoms. The molecule has 9 heteroatoms. The van der Waals surface area contributed by atoms with Crippen molar-refractivity contribution in [2.24, 2.45) is 0 Å². The minimum absolute atomic E-state index is 0.119. The number of carbonyl (C=O) groups excluding carboxylic acids is 1. The fraction of sp³-hybridized carbons (Fsp3) is 0.115. The van der Waals surface area contributed by atoms with Crippen LogP contribution in [0, 0.1) is 5.82 Å². The Balaban J connectivity index is 1.92. The summed E-state index contributed by atoms with van der Waals surface area (Å²) in [6.45, 7) is 1.31. The lowest BCUT2D eigenvalue weighted by Crippen LogP contribution is -2.25. The van der Waals surface area contributed by atoms with Crippen LogP contribution in [0.4, 0.5) is 4.39 Å². The topological polar surface area (TPSA) is 95.3 Å². The number of ether oxygens (including phenoxy) is 1. The molecule has 0 saturated heterocycles. The van der Waals surface area contributed by atoms with Gasteiger partial charge in [-0.2, -0.15) is 5.10 Å². The molecule has 0 atom stereocenters. The molecule has 4 rings (SSSR count). The third-order valence-corrected chi connectivity index (χ3v) is 6.74. The summed E-state index contributed by atoms with van der Waals surface area (Å²) in [7, 11) is -4.05. The van der Waals surface area contributed by atoms with Crippen molar-refractivity contribution in [3.63, 3.8) is 0 Å². The molecule has 0 aliphatic heterocycles. The largest absolute Gasteiger partial charge is 0.449 e. The van der Waals surface area contributed by atoms with Crippen LogP contribution >= 0.6 is 0 Å². The first-order valence-electron chi connectivity index (χ1n) is 10.6. The van der Waals surface area contributed by atoms with E-state index in [1.165, 1.54) is 47.3 Å². The van der Waals surface area contributed by atoms with Gasteiger partial charge in [0, 0.05) is 18.1 Å². The van der Waals surface area contributed by atoms with Crippen molar-refractivity contribution in [1.29, 1.82) is 0 Å². The first-order chi connectivity index (χ1) is 16.8. The lowest BCUT2D eigenvalue weighted by atomic mass is 9.97. The third kappa shape index (κ3) is 5.36. The zero-order valence-corrected chi connectivity index (χ0v) is 19.5. The standard InChI is InChI=1S/C26H21FN2O5S/c1-18(30)34-17-35(32,33)24-10-6-5-9-22(24)23-15-28-29(16-19-7-3-2-4-8-19)26(31)25(23)20-11-13-21(27)14-12-20/h2-15H,16-17H2,1H3. The number of halogens is 1. The van der Waals surface area contributed by atoms with E-state index in [1.807, 2.05) is 30.3 Å². The summed E-state index contributed by atoms with van der Waals surface area (Å²) >= 11 is 0. The fourth-order valence-corrected chi connectivity index (χ4v) is 4.89. The lowest BCUT2D eigenvalue weighted by Gasteiger charge is -2.16. The van der Waals surface area contributed by atoms with E-state index in [-0.39, 0.29) is 28.1 Å². The smallest absolute Gasteiger partial charge is 0.303 e. The van der Waals surface area contributed by atoms with E-state index in [2.05, 4.69) is 5.10 Å². The molecule has 1 heterocycles. The number of hydrogen-bond donors (Lipinski definition) is 0. The molecule has 0 amide bonds. The maximum absolute atomic E-state index is 13.6. The normalized spacial score (nSPS) is 11.3. The quantitative estimate of drug-likeness (QED) is 0.361. The first-order valence-corrected chi connectivity index (χ1v) is 12.3. The summed E-state index contributed by atoms with van der Waals surface area (Å²) in [6.07, 6.45) is 1.42. The molecule has 1 aromatic heterocycles. The van der Waals surface area contributed by atoms with Gasteiger partial charge in [-0.05, 0) is 29.3 Å². The molecule has 0 unspecified atom stereocenters. The monoisotopic (exact) mass is 492 g/mol. The SMILES string of the molecule is CC(=O)OCS(=O)(=O)c1ccccc1-c1cnn(Cc2ccccc2)c(=O)c1-c1ccc(F)cc1. The molecule has 7 nitrogen and oxygen atoms in total. The fourth-order valence-electron chi connectivity index (χ4n) is 3.64. The van der Waals surface area contributed by atoms with Gasteiger partial charge in [0.2, 0.25) is 9.84 Å². The van der Waals surface area contributed by atoms with Crippen molar-refractivity contribution < 1.29 is 22.3 Å². The zero-order valence-electron chi connectivity index (χ0n) is 18.7. The predicted molar refractivity (Wildman–Crippen MR) is 129 cm³/mol. The highest BCUT2D eigenvalue weighted by Gasteiger charge is 2.24. The van der Waals surface area contributed by atoms with Crippen LogP contribution in [0.25, 0.3) is 22.3 Å². The summed E-state index contributed by atoms with van der Waals surface area (Å²) in [6, 6.07) is 20.7. The molecule has 0 saturated carbocycles.